The van der Waals surface area contributed by atoms with Crippen LogP contribution >= 0.6 is 0 Å². The van der Waals surface area contributed by atoms with Gasteiger partial charge in [0.25, 0.3) is 5.56 Å². The number of hydrogen-bond donors (Lipinski definition) is 1. The molecule has 1 aromatic heterocycles. The maximum absolute atomic E-state index is 14.0. The maximum Gasteiger partial charge on any atom is 0.259 e. The largest absolute Gasteiger partial charge is 0.489 e. The lowest BCUT2D eigenvalue weighted by atomic mass is 10.2. The minimum Gasteiger partial charge on any atom is -0.489 e. The number of nitrogens with zero attached hydrogens (tertiary/aromatic N) is 1. The first-order chi connectivity index (χ1) is 13.3. The van der Waals surface area contributed by atoms with Gasteiger partial charge in [-0.1, -0.05) is 0 Å². The molecule has 0 unspecified atom stereocenters. The molecule has 9 heteroatoms. The lowest BCUT2D eigenvalue weighted by Gasteiger charge is -2.15. The van der Waals surface area contributed by atoms with E-state index in [1.54, 1.807) is 0 Å². The summed E-state index contributed by atoms with van der Waals surface area (Å²) in [5, 5.41) is 9.49. The Morgan fingerprint density at radius 3 is 2.11 bits per heavy atom. The SMILES string of the molecule is O=c1cc(OCc2ccc(F)cc2F)cc(CO)n1-c1c(F)cc(F)cc1F. The number of ether oxygens (including phenoxy) is 1. The van der Waals surface area contributed by atoms with Crippen molar-refractivity contribution in [2.75, 3.05) is 0 Å². The summed E-state index contributed by atoms with van der Waals surface area (Å²) in [4.78, 5) is 12.4. The predicted molar refractivity (Wildman–Crippen MR) is 88.5 cm³/mol. The second kappa shape index (κ2) is 7.81. The normalized spacial score (nSPS) is 10.9. The lowest BCUT2D eigenvalue weighted by molar-refractivity contribution is 0.267. The number of hydrogen-bond acceptors (Lipinski definition) is 3. The smallest absolute Gasteiger partial charge is 0.259 e. The average molecular weight is 397 g/mol. The quantitative estimate of drug-likeness (QED) is 0.670. The Balaban J connectivity index is 1.98. The van der Waals surface area contributed by atoms with Crippen molar-refractivity contribution in [1.82, 2.24) is 4.57 Å². The highest BCUT2D eigenvalue weighted by atomic mass is 19.2. The number of aliphatic hydroxyl groups is 1. The van der Waals surface area contributed by atoms with Gasteiger partial charge < -0.3 is 9.84 Å². The number of halogens is 5. The first-order valence-electron chi connectivity index (χ1n) is 7.88. The predicted octanol–water partition coefficient (Wildman–Crippen LogP) is 3.60. The van der Waals surface area contributed by atoms with E-state index in [-0.39, 0.29) is 23.6 Å². The van der Waals surface area contributed by atoms with Crippen LogP contribution < -0.4 is 10.3 Å². The summed E-state index contributed by atoms with van der Waals surface area (Å²) in [6, 6.07) is 5.62. The van der Waals surface area contributed by atoms with E-state index >= 15 is 0 Å². The van der Waals surface area contributed by atoms with Gasteiger partial charge in [0, 0.05) is 35.9 Å². The third kappa shape index (κ3) is 3.89. The van der Waals surface area contributed by atoms with Gasteiger partial charge in [-0.3, -0.25) is 9.36 Å². The fourth-order valence-electron chi connectivity index (χ4n) is 2.60. The summed E-state index contributed by atoms with van der Waals surface area (Å²) in [6.45, 7) is -1.16. The molecule has 0 saturated carbocycles. The van der Waals surface area contributed by atoms with Crippen LogP contribution in [0, 0.1) is 29.1 Å². The summed E-state index contributed by atoms with van der Waals surface area (Å²) in [6.07, 6.45) is 0. The monoisotopic (exact) mass is 397 g/mol. The average Bonchev–Trinajstić information content (AvgIpc) is 2.61. The lowest BCUT2D eigenvalue weighted by Crippen LogP contribution is -2.24. The van der Waals surface area contributed by atoms with Crippen LogP contribution in [0.15, 0.2) is 47.3 Å². The van der Waals surface area contributed by atoms with Gasteiger partial charge in [-0.15, -0.1) is 0 Å². The zero-order valence-corrected chi connectivity index (χ0v) is 14.1. The molecule has 0 aliphatic heterocycles. The number of aromatic nitrogens is 1. The Hall–Kier alpha value is -3.20. The summed E-state index contributed by atoms with van der Waals surface area (Å²) in [5.74, 6) is -5.58. The second-order valence-corrected chi connectivity index (χ2v) is 5.76. The van der Waals surface area contributed by atoms with Crippen molar-refractivity contribution in [3.8, 4) is 11.4 Å². The van der Waals surface area contributed by atoms with Crippen molar-refractivity contribution < 1.29 is 31.8 Å². The first-order valence-corrected chi connectivity index (χ1v) is 7.88. The van der Waals surface area contributed by atoms with Crippen LogP contribution in [0.3, 0.4) is 0 Å². The molecule has 146 valence electrons. The van der Waals surface area contributed by atoms with E-state index in [0.29, 0.717) is 22.8 Å². The molecule has 0 aliphatic rings. The number of rotatable bonds is 5. The third-order valence-electron chi connectivity index (χ3n) is 3.86. The van der Waals surface area contributed by atoms with E-state index in [1.165, 1.54) is 0 Å². The van der Waals surface area contributed by atoms with E-state index in [9.17, 15) is 31.9 Å². The van der Waals surface area contributed by atoms with Crippen LogP contribution in [0.2, 0.25) is 0 Å². The van der Waals surface area contributed by atoms with E-state index in [1.807, 2.05) is 0 Å². The van der Waals surface area contributed by atoms with Crippen molar-refractivity contribution in [1.29, 1.82) is 0 Å². The molecule has 3 rings (SSSR count). The van der Waals surface area contributed by atoms with Crippen LogP contribution in [0.4, 0.5) is 22.0 Å². The summed E-state index contributed by atoms with van der Waals surface area (Å²) in [5.41, 5.74) is -2.06. The molecule has 1 heterocycles. The maximum atomic E-state index is 14.0. The topological polar surface area (TPSA) is 51.5 Å². The van der Waals surface area contributed by atoms with Gasteiger partial charge in [0.15, 0.2) is 11.6 Å². The Labute approximate surface area is 155 Å². The van der Waals surface area contributed by atoms with E-state index in [0.717, 1.165) is 24.3 Å². The van der Waals surface area contributed by atoms with Crippen molar-refractivity contribution in [2.24, 2.45) is 0 Å². The first kappa shape index (κ1) is 19.6. The molecule has 1 N–H and O–H groups in total. The van der Waals surface area contributed by atoms with Crippen molar-refractivity contribution in [2.45, 2.75) is 13.2 Å². The molecule has 28 heavy (non-hydrogen) atoms. The molecule has 0 radical (unpaired) electrons. The standard InChI is InChI=1S/C19H12F5NO3/c20-11-2-1-10(15(22)3-11)9-28-14-6-13(8-26)25(18(27)7-14)19-16(23)4-12(21)5-17(19)24/h1-7,26H,8-9H2. The number of benzene rings is 2. The van der Waals surface area contributed by atoms with Crippen molar-refractivity contribution in [3.63, 3.8) is 0 Å². The summed E-state index contributed by atoms with van der Waals surface area (Å²) >= 11 is 0. The highest BCUT2D eigenvalue weighted by Gasteiger charge is 2.18. The molecular formula is C19H12F5NO3. The molecule has 2 aromatic carbocycles. The van der Waals surface area contributed by atoms with Crippen LogP contribution in [0.5, 0.6) is 5.75 Å². The molecule has 0 atom stereocenters. The summed E-state index contributed by atoms with van der Waals surface area (Å²) in [7, 11) is 0. The van der Waals surface area contributed by atoms with Gasteiger partial charge in [-0.25, -0.2) is 22.0 Å². The molecule has 0 bridgehead atoms. The van der Waals surface area contributed by atoms with Gasteiger partial charge >= 0.3 is 0 Å². The van der Waals surface area contributed by atoms with Crippen molar-refractivity contribution in [3.05, 3.63) is 93.2 Å². The summed E-state index contributed by atoms with van der Waals surface area (Å²) < 4.78 is 73.5. The Morgan fingerprint density at radius 1 is 0.857 bits per heavy atom. The fourth-order valence-corrected chi connectivity index (χ4v) is 2.60. The zero-order chi connectivity index (χ0) is 20.4. The zero-order valence-electron chi connectivity index (χ0n) is 14.1. The van der Waals surface area contributed by atoms with Crippen LogP contribution in [-0.4, -0.2) is 9.67 Å². The minimum absolute atomic E-state index is 0.00625. The highest BCUT2D eigenvalue weighted by Crippen LogP contribution is 2.22. The van der Waals surface area contributed by atoms with Crippen LogP contribution in [0.25, 0.3) is 5.69 Å². The fraction of sp³-hybridized carbons (Fsp3) is 0.105. The molecular weight excluding hydrogens is 385 g/mol. The van der Waals surface area contributed by atoms with Gasteiger partial charge in [0.2, 0.25) is 0 Å². The minimum atomic E-state index is -1.34. The highest BCUT2D eigenvalue weighted by molar-refractivity contribution is 5.40. The van der Waals surface area contributed by atoms with Gasteiger partial charge in [0.05, 0.1) is 12.3 Å². The molecule has 0 spiro atoms. The molecule has 4 nitrogen and oxygen atoms in total. The molecule has 0 fully saturated rings. The van der Waals surface area contributed by atoms with E-state index < -0.39 is 46.9 Å². The van der Waals surface area contributed by atoms with Crippen LogP contribution in [-0.2, 0) is 13.2 Å². The Kier molecular flexibility index (Phi) is 5.46. The second-order valence-electron chi connectivity index (χ2n) is 5.76. The Bertz CT molecular complexity index is 1070. The molecule has 0 saturated heterocycles. The molecule has 3 aromatic rings. The van der Waals surface area contributed by atoms with Crippen molar-refractivity contribution >= 4 is 0 Å². The van der Waals surface area contributed by atoms with E-state index in [2.05, 4.69) is 0 Å². The van der Waals surface area contributed by atoms with Gasteiger partial charge in [-0.2, -0.15) is 0 Å². The number of pyridine rings is 1. The molecule has 0 aliphatic carbocycles. The Morgan fingerprint density at radius 2 is 1.50 bits per heavy atom. The van der Waals surface area contributed by atoms with Gasteiger partial charge in [-0.05, 0) is 12.1 Å². The third-order valence-corrected chi connectivity index (χ3v) is 3.86. The van der Waals surface area contributed by atoms with Crippen LogP contribution in [0.1, 0.15) is 11.3 Å². The van der Waals surface area contributed by atoms with E-state index in [4.69, 9.17) is 4.74 Å². The molecule has 0 amide bonds. The number of aliphatic hydroxyl groups excluding tert-OH is 1. The van der Waals surface area contributed by atoms with Gasteiger partial charge in [0.1, 0.15) is 35.5 Å².